The predicted octanol–water partition coefficient (Wildman–Crippen LogP) is 3.37. The fraction of sp³-hybridized carbons (Fsp3) is 0.500. The molecule has 0 amide bonds. The molecule has 0 spiro atoms. The Balaban J connectivity index is 2.82. The molecule has 0 aliphatic carbocycles. The molecule has 106 valence electrons. The van der Waals surface area contributed by atoms with Crippen LogP contribution in [0, 0.1) is 0 Å². The van der Waals surface area contributed by atoms with E-state index in [1.54, 1.807) is 6.07 Å². The lowest BCUT2D eigenvalue weighted by molar-refractivity contribution is -0.140. The molecule has 0 aliphatic rings. The van der Waals surface area contributed by atoms with E-state index >= 15 is 0 Å². The summed E-state index contributed by atoms with van der Waals surface area (Å²) in [4.78, 5) is 11.1. The van der Waals surface area contributed by atoms with Gasteiger partial charge in [0.2, 0.25) is 0 Å². The van der Waals surface area contributed by atoms with Gasteiger partial charge < -0.3 is 14.9 Å². The van der Waals surface area contributed by atoms with Gasteiger partial charge in [-0.05, 0) is 24.3 Å². The third-order valence-electron chi connectivity index (χ3n) is 3.20. The molecule has 5 heteroatoms. The van der Waals surface area contributed by atoms with Crippen molar-refractivity contribution in [3.05, 3.63) is 22.7 Å². The average molecular weight is 287 g/mol. The monoisotopic (exact) mass is 286 g/mol. The van der Waals surface area contributed by atoms with Gasteiger partial charge in [-0.1, -0.05) is 25.4 Å². The van der Waals surface area contributed by atoms with Crippen LogP contribution < -0.4 is 0 Å². The summed E-state index contributed by atoms with van der Waals surface area (Å²) in [6, 6.07) is 2.80. The summed E-state index contributed by atoms with van der Waals surface area (Å²) in [7, 11) is 1.36. The van der Waals surface area contributed by atoms with Crippen LogP contribution in [0.15, 0.2) is 12.1 Å². The molecule has 19 heavy (non-hydrogen) atoms. The fourth-order valence-corrected chi connectivity index (χ4v) is 2.17. The summed E-state index contributed by atoms with van der Waals surface area (Å²) in [5, 5.41) is 19.5. The molecule has 4 nitrogen and oxygen atoms in total. The Kier molecular flexibility index (Phi) is 5.06. The molecule has 0 radical (unpaired) electrons. The van der Waals surface area contributed by atoms with Gasteiger partial charge in [0.1, 0.15) is 11.5 Å². The van der Waals surface area contributed by atoms with Crippen LogP contribution in [0.4, 0.5) is 0 Å². The maximum Gasteiger partial charge on any atom is 0.305 e. The second kappa shape index (κ2) is 6.15. The molecule has 0 heterocycles. The molecular weight excluding hydrogens is 268 g/mol. The topological polar surface area (TPSA) is 66.8 Å². The highest BCUT2D eigenvalue weighted by molar-refractivity contribution is 6.32. The molecule has 0 saturated heterocycles. The number of benzene rings is 1. The zero-order valence-electron chi connectivity index (χ0n) is 11.4. The largest absolute Gasteiger partial charge is 0.508 e. The minimum Gasteiger partial charge on any atom is -0.508 e. The van der Waals surface area contributed by atoms with Crippen LogP contribution in [-0.2, 0) is 14.9 Å². The molecule has 0 saturated carbocycles. The van der Waals surface area contributed by atoms with E-state index in [0.29, 0.717) is 24.8 Å². The molecule has 0 unspecified atom stereocenters. The first-order valence-corrected chi connectivity index (χ1v) is 6.44. The number of ether oxygens (including phenoxy) is 1. The molecule has 1 aromatic carbocycles. The van der Waals surface area contributed by atoms with Crippen molar-refractivity contribution in [3.63, 3.8) is 0 Å². The molecule has 1 rings (SSSR count). The highest BCUT2D eigenvalue weighted by atomic mass is 35.5. The number of halogens is 1. The third-order valence-corrected chi connectivity index (χ3v) is 3.51. The van der Waals surface area contributed by atoms with Gasteiger partial charge in [-0.25, -0.2) is 0 Å². The van der Waals surface area contributed by atoms with E-state index in [4.69, 9.17) is 11.6 Å². The first kappa shape index (κ1) is 15.6. The number of carbonyl (C=O) groups excluding carboxylic acids is 1. The Morgan fingerprint density at radius 3 is 2.53 bits per heavy atom. The number of phenols is 2. The van der Waals surface area contributed by atoms with E-state index in [-0.39, 0.29) is 27.9 Å². The van der Waals surface area contributed by atoms with Gasteiger partial charge in [-0.3, -0.25) is 4.79 Å². The summed E-state index contributed by atoms with van der Waals surface area (Å²) in [6.07, 6.45) is 1.68. The van der Waals surface area contributed by atoms with Gasteiger partial charge in [-0.15, -0.1) is 0 Å². The van der Waals surface area contributed by atoms with Crippen molar-refractivity contribution in [2.75, 3.05) is 7.11 Å². The van der Waals surface area contributed by atoms with Crippen molar-refractivity contribution >= 4 is 17.6 Å². The smallest absolute Gasteiger partial charge is 0.305 e. The summed E-state index contributed by atoms with van der Waals surface area (Å²) >= 11 is 5.86. The summed E-state index contributed by atoms with van der Waals surface area (Å²) in [5.74, 6) is -0.387. The van der Waals surface area contributed by atoms with Gasteiger partial charge in [0.25, 0.3) is 0 Å². The standard InChI is InChI=1S/C14H19ClO4/c1-14(2,6-4-5-13(18)19-3)9-7-10(15)12(17)8-11(9)16/h7-8,16-17H,4-6H2,1-3H3. The zero-order chi connectivity index (χ0) is 14.6. The Morgan fingerprint density at radius 2 is 1.95 bits per heavy atom. The van der Waals surface area contributed by atoms with Crippen molar-refractivity contribution in [2.45, 2.75) is 38.5 Å². The van der Waals surface area contributed by atoms with Crippen molar-refractivity contribution in [2.24, 2.45) is 0 Å². The van der Waals surface area contributed by atoms with E-state index in [1.807, 2.05) is 13.8 Å². The van der Waals surface area contributed by atoms with Crippen molar-refractivity contribution in [1.82, 2.24) is 0 Å². The number of esters is 1. The highest BCUT2D eigenvalue weighted by Crippen LogP contribution is 2.40. The van der Waals surface area contributed by atoms with E-state index in [2.05, 4.69) is 4.74 Å². The number of aromatic hydroxyl groups is 2. The molecule has 0 aliphatic heterocycles. The summed E-state index contributed by atoms with van der Waals surface area (Å²) in [5.41, 5.74) is 0.301. The zero-order valence-corrected chi connectivity index (χ0v) is 12.1. The Morgan fingerprint density at radius 1 is 1.32 bits per heavy atom. The first-order chi connectivity index (χ1) is 8.77. The summed E-state index contributed by atoms with van der Waals surface area (Å²) < 4.78 is 4.59. The van der Waals surface area contributed by atoms with Crippen LogP contribution in [0.1, 0.15) is 38.7 Å². The van der Waals surface area contributed by atoms with E-state index in [0.717, 1.165) is 0 Å². The SMILES string of the molecule is COC(=O)CCCC(C)(C)c1cc(Cl)c(O)cc1O. The first-order valence-electron chi connectivity index (χ1n) is 6.06. The highest BCUT2D eigenvalue weighted by Gasteiger charge is 2.25. The normalized spacial score (nSPS) is 11.4. The van der Waals surface area contributed by atoms with Crippen LogP contribution in [0.3, 0.4) is 0 Å². The second-order valence-electron chi connectivity index (χ2n) is 5.13. The molecule has 0 fully saturated rings. The van der Waals surface area contributed by atoms with E-state index in [9.17, 15) is 15.0 Å². The number of carbonyl (C=O) groups is 1. The van der Waals surface area contributed by atoms with Crippen LogP contribution in [-0.4, -0.2) is 23.3 Å². The predicted molar refractivity (Wildman–Crippen MR) is 73.7 cm³/mol. The van der Waals surface area contributed by atoms with Crippen molar-refractivity contribution < 1.29 is 19.7 Å². The maximum absolute atomic E-state index is 11.1. The van der Waals surface area contributed by atoms with Gasteiger partial charge in [0.05, 0.1) is 12.1 Å². The molecule has 1 aromatic rings. The lowest BCUT2D eigenvalue weighted by Gasteiger charge is -2.26. The number of phenolic OH excluding ortho intramolecular Hbond substituents is 2. The average Bonchev–Trinajstić information content (AvgIpc) is 2.33. The van der Waals surface area contributed by atoms with Crippen LogP contribution >= 0.6 is 11.6 Å². The van der Waals surface area contributed by atoms with Crippen LogP contribution in [0.5, 0.6) is 11.5 Å². The second-order valence-corrected chi connectivity index (χ2v) is 5.54. The number of rotatable bonds is 5. The Bertz CT molecular complexity index is 469. The summed E-state index contributed by atoms with van der Waals surface area (Å²) in [6.45, 7) is 3.90. The number of hydrogen-bond acceptors (Lipinski definition) is 4. The van der Waals surface area contributed by atoms with Gasteiger partial charge >= 0.3 is 5.97 Å². The van der Waals surface area contributed by atoms with E-state index in [1.165, 1.54) is 13.2 Å². The molecule has 0 bridgehead atoms. The van der Waals surface area contributed by atoms with Crippen LogP contribution in [0.25, 0.3) is 0 Å². The lowest BCUT2D eigenvalue weighted by Crippen LogP contribution is -2.18. The maximum atomic E-state index is 11.1. The number of methoxy groups -OCH3 is 1. The molecule has 0 atom stereocenters. The molecule has 2 N–H and O–H groups in total. The van der Waals surface area contributed by atoms with Crippen molar-refractivity contribution in [1.29, 1.82) is 0 Å². The minimum atomic E-state index is -0.352. The van der Waals surface area contributed by atoms with Crippen molar-refractivity contribution in [3.8, 4) is 11.5 Å². The third kappa shape index (κ3) is 4.03. The Hall–Kier alpha value is -1.42. The fourth-order valence-electron chi connectivity index (χ4n) is 2.00. The quantitative estimate of drug-likeness (QED) is 0.815. The minimum absolute atomic E-state index is 0.00460. The Labute approximate surface area is 118 Å². The van der Waals surface area contributed by atoms with E-state index < -0.39 is 0 Å². The number of hydrogen-bond donors (Lipinski definition) is 2. The van der Waals surface area contributed by atoms with Gasteiger partial charge in [0.15, 0.2) is 0 Å². The molecular formula is C14H19ClO4. The molecule has 0 aromatic heterocycles. The van der Waals surface area contributed by atoms with Gasteiger partial charge in [0, 0.05) is 18.1 Å². The lowest BCUT2D eigenvalue weighted by atomic mass is 9.79. The van der Waals surface area contributed by atoms with Gasteiger partial charge in [-0.2, -0.15) is 0 Å². The van der Waals surface area contributed by atoms with Crippen LogP contribution in [0.2, 0.25) is 5.02 Å².